The number of rotatable bonds is 3. The summed E-state index contributed by atoms with van der Waals surface area (Å²) in [5, 5.41) is 2.97. The zero-order valence-electron chi connectivity index (χ0n) is 10.8. The molecule has 3 rings (SSSR count). The average molecular weight is 260 g/mol. The Bertz CT molecular complexity index is 535. The Labute approximate surface area is 111 Å². The van der Waals surface area contributed by atoms with Gasteiger partial charge in [0.2, 0.25) is 11.9 Å². The average Bonchev–Trinajstić information content (AvgIpc) is 3.02. The van der Waals surface area contributed by atoms with Gasteiger partial charge in [0.05, 0.1) is 18.9 Å². The number of aromatic amines is 1. The molecule has 7 nitrogen and oxygen atoms in total. The summed E-state index contributed by atoms with van der Waals surface area (Å²) in [5.74, 6) is 1.90. The molecule has 0 spiro atoms. The number of nitrogens with one attached hydrogen (secondary N) is 2. The molecule has 0 radical (unpaired) electrons. The Morgan fingerprint density at radius 2 is 2.11 bits per heavy atom. The van der Waals surface area contributed by atoms with Crippen LogP contribution in [0.15, 0.2) is 18.3 Å². The van der Waals surface area contributed by atoms with Gasteiger partial charge < -0.3 is 19.9 Å². The quantitative estimate of drug-likeness (QED) is 0.847. The number of nitrogens with zero attached hydrogens (tertiary/aromatic N) is 4. The smallest absolute Gasteiger partial charge is 0.230 e. The summed E-state index contributed by atoms with van der Waals surface area (Å²) in [4.78, 5) is 18.5. The van der Waals surface area contributed by atoms with E-state index in [1.807, 2.05) is 18.3 Å². The summed E-state index contributed by atoms with van der Waals surface area (Å²) in [6.07, 6.45) is 1.85. The molecule has 1 aliphatic rings. The highest BCUT2D eigenvalue weighted by atomic mass is 16.5. The molecule has 2 aromatic heterocycles. The summed E-state index contributed by atoms with van der Waals surface area (Å²) in [6.45, 7) is 3.02. The first kappa shape index (κ1) is 11.9. The van der Waals surface area contributed by atoms with Crippen molar-refractivity contribution < 1.29 is 4.74 Å². The van der Waals surface area contributed by atoms with Gasteiger partial charge in [0.25, 0.3) is 0 Å². The summed E-state index contributed by atoms with van der Waals surface area (Å²) in [5.41, 5.74) is 0.883. The molecule has 7 heteroatoms. The summed E-state index contributed by atoms with van der Waals surface area (Å²) < 4.78 is 5.35. The number of hydrogen-bond acceptors (Lipinski definition) is 6. The SMILES string of the molecule is CNc1nc(-c2ccc[nH]2)nc(N2CCOCC2)n1. The predicted molar refractivity (Wildman–Crippen MR) is 72.2 cm³/mol. The molecule has 0 amide bonds. The van der Waals surface area contributed by atoms with Gasteiger partial charge in [-0.15, -0.1) is 0 Å². The second-order valence-corrected chi connectivity index (χ2v) is 4.22. The molecule has 2 aromatic rings. The highest BCUT2D eigenvalue weighted by Gasteiger charge is 2.16. The van der Waals surface area contributed by atoms with Gasteiger partial charge in [-0.3, -0.25) is 0 Å². The monoisotopic (exact) mass is 260 g/mol. The Morgan fingerprint density at radius 3 is 2.79 bits per heavy atom. The van der Waals surface area contributed by atoms with Crippen molar-refractivity contribution in [2.75, 3.05) is 43.6 Å². The molecule has 1 aliphatic heterocycles. The predicted octanol–water partition coefficient (Wildman–Crippen LogP) is 0.745. The summed E-state index contributed by atoms with van der Waals surface area (Å²) in [6, 6.07) is 3.87. The van der Waals surface area contributed by atoms with E-state index in [2.05, 4.69) is 30.2 Å². The second kappa shape index (κ2) is 5.23. The van der Waals surface area contributed by atoms with Crippen molar-refractivity contribution in [3.8, 4) is 11.5 Å². The molecule has 2 N–H and O–H groups in total. The number of morpholine rings is 1. The molecule has 3 heterocycles. The van der Waals surface area contributed by atoms with E-state index in [9.17, 15) is 0 Å². The van der Waals surface area contributed by atoms with Crippen LogP contribution in [0, 0.1) is 0 Å². The van der Waals surface area contributed by atoms with Crippen molar-refractivity contribution in [1.82, 2.24) is 19.9 Å². The molecule has 0 unspecified atom stereocenters. The molecule has 0 aromatic carbocycles. The lowest BCUT2D eigenvalue weighted by Crippen LogP contribution is -2.37. The fraction of sp³-hybridized carbons (Fsp3) is 0.417. The first-order valence-electron chi connectivity index (χ1n) is 6.27. The fourth-order valence-electron chi connectivity index (χ4n) is 1.97. The lowest BCUT2D eigenvalue weighted by Gasteiger charge is -2.27. The molecule has 1 fully saturated rings. The molecule has 0 atom stereocenters. The van der Waals surface area contributed by atoms with E-state index in [0.29, 0.717) is 30.9 Å². The van der Waals surface area contributed by atoms with Crippen molar-refractivity contribution in [3.63, 3.8) is 0 Å². The van der Waals surface area contributed by atoms with Gasteiger partial charge in [-0.05, 0) is 12.1 Å². The molecular formula is C12H16N6O. The first-order chi connectivity index (χ1) is 9.36. The molecular weight excluding hydrogens is 244 g/mol. The van der Waals surface area contributed by atoms with Crippen LogP contribution >= 0.6 is 0 Å². The second-order valence-electron chi connectivity index (χ2n) is 4.22. The molecule has 0 saturated carbocycles. The lowest BCUT2D eigenvalue weighted by atomic mass is 10.4. The van der Waals surface area contributed by atoms with Gasteiger partial charge >= 0.3 is 0 Å². The highest BCUT2D eigenvalue weighted by molar-refractivity contribution is 5.54. The molecule has 0 aliphatic carbocycles. The minimum atomic E-state index is 0.570. The molecule has 0 bridgehead atoms. The minimum absolute atomic E-state index is 0.570. The number of H-pyrrole nitrogens is 1. The number of ether oxygens (including phenoxy) is 1. The van der Waals surface area contributed by atoms with Crippen LogP contribution < -0.4 is 10.2 Å². The maximum atomic E-state index is 5.35. The van der Waals surface area contributed by atoms with E-state index in [0.717, 1.165) is 18.8 Å². The van der Waals surface area contributed by atoms with Crippen molar-refractivity contribution in [1.29, 1.82) is 0 Å². The van der Waals surface area contributed by atoms with Gasteiger partial charge in [0, 0.05) is 26.3 Å². The summed E-state index contributed by atoms with van der Waals surface area (Å²) in [7, 11) is 1.80. The molecule has 19 heavy (non-hydrogen) atoms. The fourth-order valence-corrected chi connectivity index (χ4v) is 1.97. The Hall–Kier alpha value is -2.15. The minimum Gasteiger partial charge on any atom is -0.378 e. The van der Waals surface area contributed by atoms with E-state index in [1.54, 1.807) is 7.05 Å². The van der Waals surface area contributed by atoms with Crippen LogP contribution in [0.1, 0.15) is 0 Å². The van der Waals surface area contributed by atoms with Gasteiger partial charge in [-0.1, -0.05) is 0 Å². The highest BCUT2D eigenvalue weighted by Crippen LogP contribution is 2.18. The van der Waals surface area contributed by atoms with Gasteiger partial charge in [0.15, 0.2) is 5.82 Å². The van der Waals surface area contributed by atoms with Crippen molar-refractivity contribution in [2.45, 2.75) is 0 Å². The van der Waals surface area contributed by atoms with Gasteiger partial charge in [-0.2, -0.15) is 15.0 Å². The van der Waals surface area contributed by atoms with E-state index < -0.39 is 0 Å². The van der Waals surface area contributed by atoms with Crippen molar-refractivity contribution >= 4 is 11.9 Å². The van der Waals surface area contributed by atoms with Crippen LogP contribution in [0.3, 0.4) is 0 Å². The maximum Gasteiger partial charge on any atom is 0.230 e. The Morgan fingerprint density at radius 1 is 1.26 bits per heavy atom. The Balaban J connectivity index is 1.97. The third kappa shape index (κ3) is 2.50. The van der Waals surface area contributed by atoms with Crippen molar-refractivity contribution in [3.05, 3.63) is 18.3 Å². The topological polar surface area (TPSA) is 79.0 Å². The third-order valence-electron chi connectivity index (χ3n) is 2.98. The normalized spacial score (nSPS) is 15.5. The zero-order chi connectivity index (χ0) is 13.1. The van der Waals surface area contributed by atoms with Crippen LogP contribution in [-0.4, -0.2) is 53.3 Å². The van der Waals surface area contributed by atoms with Crippen LogP contribution in [-0.2, 0) is 4.74 Å². The van der Waals surface area contributed by atoms with Crippen LogP contribution in [0.2, 0.25) is 0 Å². The Kier molecular flexibility index (Phi) is 3.28. The standard InChI is InChI=1S/C12H16N6O/c1-13-11-15-10(9-3-2-4-14-9)16-12(17-11)18-5-7-19-8-6-18/h2-4,14H,5-8H2,1H3,(H,13,15,16,17). The van der Waals surface area contributed by atoms with Crippen molar-refractivity contribution in [2.24, 2.45) is 0 Å². The summed E-state index contributed by atoms with van der Waals surface area (Å²) >= 11 is 0. The molecule has 100 valence electrons. The maximum absolute atomic E-state index is 5.35. The van der Waals surface area contributed by atoms with Gasteiger partial charge in [0.1, 0.15) is 0 Å². The van der Waals surface area contributed by atoms with Crippen LogP contribution in [0.25, 0.3) is 11.5 Å². The number of hydrogen-bond donors (Lipinski definition) is 2. The van der Waals surface area contributed by atoms with E-state index in [1.165, 1.54) is 0 Å². The molecule has 1 saturated heterocycles. The van der Waals surface area contributed by atoms with E-state index >= 15 is 0 Å². The zero-order valence-corrected chi connectivity index (χ0v) is 10.8. The lowest BCUT2D eigenvalue weighted by molar-refractivity contribution is 0.122. The van der Waals surface area contributed by atoms with Gasteiger partial charge in [-0.25, -0.2) is 0 Å². The number of anilines is 2. The van der Waals surface area contributed by atoms with E-state index in [4.69, 9.17) is 4.74 Å². The van der Waals surface area contributed by atoms with Crippen LogP contribution in [0.4, 0.5) is 11.9 Å². The largest absolute Gasteiger partial charge is 0.378 e. The van der Waals surface area contributed by atoms with Crippen LogP contribution in [0.5, 0.6) is 0 Å². The third-order valence-corrected chi connectivity index (χ3v) is 2.98. The van der Waals surface area contributed by atoms with E-state index in [-0.39, 0.29) is 0 Å². The number of aromatic nitrogens is 4. The first-order valence-corrected chi connectivity index (χ1v) is 6.27.